The van der Waals surface area contributed by atoms with Crippen LogP contribution in [0.4, 0.5) is 0 Å². The van der Waals surface area contributed by atoms with E-state index in [0.29, 0.717) is 27.5 Å². The van der Waals surface area contributed by atoms with Crippen LogP contribution in [-0.4, -0.2) is 20.6 Å². The highest BCUT2D eigenvalue weighted by Gasteiger charge is 2.28. The Bertz CT molecular complexity index is 680. The van der Waals surface area contributed by atoms with Gasteiger partial charge in [0, 0.05) is 6.42 Å². The highest BCUT2D eigenvalue weighted by atomic mass is 35.5. The number of carboxylic acid groups (broad SMARTS) is 1. The van der Waals surface area contributed by atoms with Gasteiger partial charge in [-0.1, -0.05) is 44.0 Å². The van der Waals surface area contributed by atoms with Crippen LogP contribution in [-0.2, 0) is 11.2 Å². The van der Waals surface area contributed by atoms with E-state index in [4.69, 9.17) is 23.2 Å². The van der Waals surface area contributed by atoms with Gasteiger partial charge in [0.25, 0.3) is 0 Å². The van der Waals surface area contributed by atoms with E-state index in [1.54, 1.807) is 16.7 Å². The molecule has 0 bridgehead atoms. The number of rotatable bonds is 5. The van der Waals surface area contributed by atoms with Crippen molar-refractivity contribution in [3.8, 4) is 0 Å². The van der Waals surface area contributed by atoms with Gasteiger partial charge in [0.1, 0.15) is 11.9 Å². The van der Waals surface area contributed by atoms with Crippen LogP contribution in [0.25, 0.3) is 11.0 Å². The van der Waals surface area contributed by atoms with Crippen molar-refractivity contribution < 1.29 is 9.90 Å². The van der Waals surface area contributed by atoms with Gasteiger partial charge in [0.15, 0.2) is 0 Å². The number of benzene rings is 1. The lowest BCUT2D eigenvalue weighted by atomic mass is 10.0. The second-order valence-electron chi connectivity index (χ2n) is 5.43. The molecular weight excluding hydrogens is 311 g/mol. The summed E-state index contributed by atoms with van der Waals surface area (Å²) in [6, 6.07) is 2.71. The lowest BCUT2D eigenvalue weighted by Crippen LogP contribution is -2.25. The summed E-state index contributed by atoms with van der Waals surface area (Å²) in [6.45, 7) is 5.81. The third kappa shape index (κ3) is 3.01. The van der Waals surface area contributed by atoms with Crippen molar-refractivity contribution in [2.75, 3.05) is 0 Å². The molecule has 4 nitrogen and oxygen atoms in total. The Morgan fingerprint density at radius 3 is 2.48 bits per heavy atom. The number of halogens is 2. The third-order valence-corrected chi connectivity index (χ3v) is 4.16. The number of aliphatic carboxylic acids is 1. The second-order valence-corrected chi connectivity index (χ2v) is 6.24. The third-order valence-electron chi connectivity index (χ3n) is 3.44. The first-order valence-electron chi connectivity index (χ1n) is 6.95. The molecule has 21 heavy (non-hydrogen) atoms. The molecular formula is C15H18Cl2N2O2. The maximum atomic E-state index is 11.7. The zero-order chi connectivity index (χ0) is 15.7. The molecule has 1 N–H and O–H groups in total. The molecule has 0 aliphatic carbocycles. The number of aryl methyl sites for hydroxylation is 1. The quantitative estimate of drug-likeness (QED) is 0.874. The minimum Gasteiger partial charge on any atom is -0.480 e. The van der Waals surface area contributed by atoms with Crippen LogP contribution in [0.5, 0.6) is 0 Å². The molecule has 1 aromatic carbocycles. The van der Waals surface area contributed by atoms with E-state index in [1.807, 2.05) is 20.8 Å². The zero-order valence-corrected chi connectivity index (χ0v) is 13.7. The summed E-state index contributed by atoms with van der Waals surface area (Å²) >= 11 is 12.1. The van der Waals surface area contributed by atoms with Crippen molar-refractivity contribution >= 4 is 40.2 Å². The number of hydrogen-bond acceptors (Lipinski definition) is 2. The SMILES string of the molecule is CCCc1nc2cc(Cl)c(Cl)cc2n1C(C(=O)O)C(C)C. The molecule has 6 heteroatoms. The van der Waals surface area contributed by atoms with Crippen molar-refractivity contribution in [2.24, 2.45) is 5.92 Å². The van der Waals surface area contributed by atoms with Crippen molar-refractivity contribution in [1.29, 1.82) is 0 Å². The molecule has 0 saturated heterocycles. The Balaban J connectivity index is 2.76. The molecule has 2 rings (SSSR count). The Hall–Kier alpha value is -1.26. The molecule has 0 spiro atoms. The van der Waals surface area contributed by atoms with E-state index < -0.39 is 12.0 Å². The Kier molecular flexibility index (Phi) is 4.79. The zero-order valence-electron chi connectivity index (χ0n) is 12.2. The summed E-state index contributed by atoms with van der Waals surface area (Å²) < 4.78 is 1.79. The van der Waals surface area contributed by atoms with Crippen LogP contribution in [0.1, 0.15) is 39.1 Å². The Morgan fingerprint density at radius 1 is 1.33 bits per heavy atom. The fourth-order valence-electron chi connectivity index (χ4n) is 2.54. The first-order chi connectivity index (χ1) is 9.86. The molecule has 1 aromatic heterocycles. The highest BCUT2D eigenvalue weighted by Crippen LogP contribution is 2.32. The fraction of sp³-hybridized carbons (Fsp3) is 0.467. The smallest absolute Gasteiger partial charge is 0.327 e. The highest BCUT2D eigenvalue weighted by molar-refractivity contribution is 6.42. The van der Waals surface area contributed by atoms with Gasteiger partial charge in [0.05, 0.1) is 21.1 Å². The van der Waals surface area contributed by atoms with Gasteiger partial charge in [-0.3, -0.25) is 0 Å². The monoisotopic (exact) mass is 328 g/mol. The summed E-state index contributed by atoms with van der Waals surface area (Å²) in [7, 11) is 0. The van der Waals surface area contributed by atoms with Crippen LogP contribution in [0.2, 0.25) is 10.0 Å². The number of carboxylic acids is 1. The number of aromatic nitrogens is 2. The van der Waals surface area contributed by atoms with Crippen LogP contribution < -0.4 is 0 Å². The number of fused-ring (bicyclic) bond motifs is 1. The lowest BCUT2D eigenvalue weighted by Gasteiger charge is -2.21. The van der Waals surface area contributed by atoms with Crippen molar-refractivity contribution in [3.05, 3.63) is 28.0 Å². The minimum absolute atomic E-state index is 0.0649. The van der Waals surface area contributed by atoms with Crippen LogP contribution >= 0.6 is 23.2 Å². The van der Waals surface area contributed by atoms with Gasteiger partial charge in [-0.05, 0) is 24.5 Å². The predicted molar refractivity (Wildman–Crippen MR) is 85.3 cm³/mol. The minimum atomic E-state index is -0.868. The fourth-order valence-corrected chi connectivity index (χ4v) is 2.86. The summed E-state index contributed by atoms with van der Waals surface area (Å²) in [6.07, 6.45) is 1.59. The largest absolute Gasteiger partial charge is 0.480 e. The molecule has 1 heterocycles. The maximum absolute atomic E-state index is 11.7. The molecule has 0 radical (unpaired) electrons. The molecule has 0 fully saturated rings. The maximum Gasteiger partial charge on any atom is 0.327 e. The van der Waals surface area contributed by atoms with Crippen LogP contribution in [0.15, 0.2) is 12.1 Å². The van der Waals surface area contributed by atoms with E-state index in [2.05, 4.69) is 4.98 Å². The Morgan fingerprint density at radius 2 is 1.95 bits per heavy atom. The van der Waals surface area contributed by atoms with E-state index in [-0.39, 0.29) is 5.92 Å². The predicted octanol–water partition coefficient (Wildman–Crippen LogP) is 4.58. The summed E-state index contributed by atoms with van der Waals surface area (Å²) in [5.74, 6) is -0.176. The van der Waals surface area contributed by atoms with Crippen LogP contribution in [0, 0.1) is 5.92 Å². The van der Waals surface area contributed by atoms with Crippen molar-refractivity contribution in [3.63, 3.8) is 0 Å². The molecule has 1 unspecified atom stereocenters. The van der Waals surface area contributed by atoms with Crippen LogP contribution in [0.3, 0.4) is 0 Å². The van der Waals surface area contributed by atoms with Gasteiger partial charge >= 0.3 is 5.97 Å². The second kappa shape index (κ2) is 6.24. The van der Waals surface area contributed by atoms with Gasteiger partial charge in [0.2, 0.25) is 0 Å². The average molecular weight is 329 g/mol. The normalized spacial score (nSPS) is 13.0. The molecule has 0 saturated carbocycles. The molecule has 114 valence electrons. The number of imidazole rings is 1. The first kappa shape index (κ1) is 16.1. The average Bonchev–Trinajstić information content (AvgIpc) is 2.68. The summed E-state index contributed by atoms with van der Waals surface area (Å²) in [5.41, 5.74) is 1.40. The molecule has 0 amide bonds. The van der Waals surface area contributed by atoms with Crippen molar-refractivity contribution in [2.45, 2.75) is 39.7 Å². The molecule has 0 aliphatic rings. The topological polar surface area (TPSA) is 55.1 Å². The number of carbonyl (C=O) groups is 1. The molecule has 1 atom stereocenters. The Labute approximate surface area is 133 Å². The molecule has 0 aliphatic heterocycles. The summed E-state index contributed by atoms with van der Waals surface area (Å²) in [4.78, 5) is 16.2. The first-order valence-corrected chi connectivity index (χ1v) is 7.71. The van der Waals surface area contributed by atoms with E-state index >= 15 is 0 Å². The molecule has 2 aromatic rings. The number of nitrogens with zero attached hydrogens (tertiary/aromatic N) is 2. The summed E-state index contributed by atoms with van der Waals surface area (Å²) in [5, 5.41) is 10.4. The van der Waals surface area contributed by atoms with E-state index in [0.717, 1.165) is 12.2 Å². The standard InChI is InChI=1S/C15H18Cl2N2O2/c1-4-5-13-18-11-6-9(16)10(17)7-12(11)19(13)14(8(2)3)15(20)21/h6-8,14H,4-5H2,1-3H3,(H,20,21). The van der Waals surface area contributed by atoms with E-state index in [1.165, 1.54) is 0 Å². The lowest BCUT2D eigenvalue weighted by molar-refractivity contribution is -0.142. The van der Waals surface area contributed by atoms with Gasteiger partial charge in [-0.2, -0.15) is 0 Å². The van der Waals surface area contributed by atoms with Crippen molar-refractivity contribution in [1.82, 2.24) is 9.55 Å². The van der Waals surface area contributed by atoms with Gasteiger partial charge in [-0.25, -0.2) is 9.78 Å². The van der Waals surface area contributed by atoms with E-state index in [9.17, 15) is 9.90 Å². The van der Waals surface area contributed by atoms with Gasteiger partial charge < -0.3 is 9.67 Å². The number of hydrogen-bond donors (Lipinski definition) is 1. The van der Waals surface area contributed by atoms with Gasteiger partial charge in [-0.15, -0.1) is 0 Å².